The van der Waals surface area contributed by atoms with Crippen LogP contribution < -0.4 is 39.1 Å². The number of nitrogens with one attached hydrogen (secondary N) is 3. The van der Waals surface area contributed by atoms with E-state index >= 15 is 0 Å². The topological polar surface area (TPSA) is 316 Å². The number of imidazole rings is 2. The van der Waals surface area contributed by atoms with Crippen molar-refractivity contribution in [1.29, 1.82) is 0 Å². The van der Waals surface area contributed by atoms with Gasteiger partial charge >= 0.3 is 12.3 Å². The number of benzene rings is 2. The number of ether oxygens (including phenoxy) is 1. The van der Waals surface area contributed by atoms with Crippen LogP contribution in [0.1, 0.15) is 136 Å². The van der Waals surface area contributed by atoms with Gasteiger partial charge < -0.3 is 43.8 Å². The molecule has 2 saturated heterocycles. The molecule has 0 bridgehead atoms. The number of likely N-dealkylation sites (tertiary alicyclic amines) is 1. The lowest BCUT2D eigenvalue weighted by Gasteiger charge is -2.36. The van der Waals surface area contributed by atoms with E-state index in [1.54, 1.807) is 98.7 Å². The molecule has 0 radical (unpaired) electrons. The third kappa shape index (κ3) is 14.5. The monoisotopic (exact) mass is 1040 g/mol. The number of piperidine rings is 2. The molecule has 0 aliphatic carbocycles. The molecule has 11 N–H and O–H groups in total. The van der Waals surface area contributed by atoms with E-state index in [4.69, 9.17) is 32.7 Å². The fourth-order valence-corrected chi connectivity index (χ4v) is 8.08. The zero-order chi connectivity index (χ0) is 54.8. The standard InChI is InChI=1S/C27H33N7O4.C22H25N7O2.C2HF3O/c1-16-8-13-20(30-15-16)31-25(36)18-11-9-17(10-12-18)21-22(23(28)35)34(29)24(32-21)19-7-5-6-14-33(19)26(37)38-27(2,3)4;1-13-5-10-17(26-12-13)27-22(31)15-8-6-14(7-9-15)18-19(20(23)30)29(24)21(28-18)16-4-2-3-11-25-16;3-2(4,5)1-6/h8-13,15,19H,5-7,14,29H2,1-4H3,(H2,28,35)(H,30,31,36);5-10,12,16,25H,2-4,11,24H2,1H3,(H2,23,30)(H,26,27,31);1H/t19-;16-;/m00./s1. The zero-order valence-corrected chi connectivity index (χ0v) is 41.9. The number of hydrogen-bond acceptors (Lipinski definition) is 14. The number of amides is 5. The minimum Gasteiger partial charge on any atom is -0.444 e. The highest BCUT2D eigenvalue weighted by molar-refractivity contribution is 6.05. The Morgan fingerprint density at radius 3 is 1.53 bits per heavy atom. The Morgan fingerprint density at radius 2 is 1.13 bits per heavy atom. The summed E-state index contributed by atoms with van der Waals surface area (Å²) in [5.41, 5.74) is 15.5. The van der Waals surface area contributed by atoms with Crippen molar-refractivity contribution in [2.45, 2.75) is 97.0 Å². The molecule has 4 aromatic heterocycles. The third-order valence-electron chi connectivity index (χ3n) is 11.7. The number of carbonyl (C=O) groups is 6. The highest BCUT2D eigenvalue weighted by atomic mass is 19.4. The average molecular weight is 1040 g/mol. The highest BCUT2D eigenvalue weighted by Gasteiger charge is 2.36. The van der Waals surface area contributed by atoms with Gasteiger partial charge in [-0.25, -0.2) is 34.1 Å². The van der Waals surface area contributed by atoms with Gasteiger partial charge in [0.25, 0.3) is 23.6 Å². The van der Waals surface area contributed by atoms with Crippen molar-refractivity contribution in [2.24, 2.45) is 11.5 Å². The number of anilines is 2. The molecular formula is C51H59F3N14O7. The highest BCUT2D eigenvalue weighted by Crippen LogP contribution is 2.35. The van der Waals surface area contributed by atoms with Crippen LogP contribution in [-0.2, 0) is 9.53 Å². The Bertz CT molecular complexity index is 3000. The largest absolute Gasteiger partial charge is 0.446 e. The van der Waals surface area contributed by atoms with Gasteiger partial charge in [-0.2, -0.15) is 13.2 Å². The molecule has 396 valence electrons. The summed E-state index contributed by atoms with van der Waals surface area (Å²) in [6.07, 6.45) is 2.51. The predicted octanol–water partition coefficient (Wildman–Crippen LogP) is 6.66. The van der Waals surface area contributed by atoms with Crippen LogP contribution in [0.4, 0.5) is 29.6 Å². The van der Waals surface area contributed by atoms with Crippen LogP contribution in [-0.4, -0.2) is 95.1 Å². The Balaban J connectivity index is 0.000000223. The van der Waals surface area contributed by atoms with Crippen molar-refractivity contribution in [3.05, 3.63) is 130 Å². The quantitative estimate of drug-likeness (QED) is 0.0557. The SMILES string of the molecule is Cc1ccc(NC(=O)c2ccc(-c3nc([C@@H]4CCCCN4)n(N)c3C(N)=O)cc2)nc1.Cc1ccc(NC(=O)c2ccc(-c3nc([C@@H]4CCCCN4C(=O)OC(C)(C)C)n(N)c3C(N)=O)cc2)nc1.O=CC(F)(F)F. The van der Waals surface area contributed by atoms with Crippen molar-refractivity contribution in [2.75, 3.05) is 35.4 Å². The van der Waals surface area contributed by atoms with Crippen molar-refractivity contribution in [3.8, 4) is 22.5 Å². The number of rotatable bonds is 10. The van der Waals surface area contributed by atoms with Gasteiger partial charge in [-0.15, -0.1) is 0 Å². The Morgan fingerprint density at radius 1 is 0.680 bits per heavy atom. The molecule has 8 rings (SSSR count). The van der Waals surface area contributed by atoms with Gasteiger partial charge in [0.15, 0.2) is 17.2 Å². The number of primary amides is 2. The molecular weight excluding hydrogens is 978 g/mol. The second-order valence-electron chi connectivity index (χ2n) is 18.7. The Labute approximate surface area is 429 Å². The van der Waals surface area contributed by atoms with E-state index in [0.29, 0.717) is 64.2 Å². The average Bonchev–Trinajstić information content (AvgIpc) is 3.92. The first-order valence-electron chi connectivity index (χ1n) is 23.7. The fourth-order valence-electron chi connectivity index (χ4n) is 8.08. The van der Waals surface area contributed by atoms with Crippen LogP contribution in [0.2, 0.25) is 0 Å². The first kappa shape index (κ1) is 55.6. The third-order valence-corrected chi connectivity index (χ3v) is 11.7. The number of nitrogens with zero attached hydrogens (tertiary/aromatic N) is 7. The van der Waals surface area contributed by atoms with Crippen molar-refractivity contribution in [3.63, 3.8) is 0 Å². The number of hydrogen-bond donors (Lipinski definition) is 7. The molecule has 0 spiro atoms. The molecule has 0 saturated carbocycles. The number of halogens is 3. The summed E-state index contributed by atoms with van der Waals surface area (Å²) in [4.78, 5) is 90.6. The summed E-state index contributed by atoms with van der Waals surface area (Å²) in [5, 5.41) is 8.89. The molecule has 75 heavy (non-hydrogen) atoms. The van der Waals surface area contributed by atoms with E-state index in [0.717, 1.165) is 54.5 Å². The summed E-state index contributed by atoms with van der Waals surface area (Å²) < 4.78 is 39.3. The minimum absolute atomic E-state index is 0.00997. The maximum absolute atomic E-state index is 12.9. The number of nitrogens with two attached hydrogens (primary N) is 4. The number of aryl methyl sites for hydroxylation is 2. The van der Waals surface area contributed by atoms with Crippen molar-refractivity contribution in [1.82, 2.24) is 39.5 Å². The van der Waals surface area contributed by atoms with Gasteiger partial charge in [-0.1, -0.05) is 42.8 Å². The second-order valence-corrected chi connectivity index (χ2v) is 18.7. The number of aromatic nitrogens is 6. The molecule has 5 amide bonds. The van der Waals surface area contributed by atoms with E-state index in [1.807, 2.05) is 26.0 Å². The lowest BCUT2D eigenvalue weighted by molar-refractivity contribution is -0.156. The summed E-state index contributed by atoms with van der Waals surface area (Å²) >= 11 is 0. The molecule has 2 aliphatic rings. The van der Waals surface area contributed by atoms with Gasteiger partial charge in [0.05, 0.1) is 12.1 Å². The summed E-state index contributed by atoms with van der Waals surface area (Å²) in [5.74, 6) is 12.3. The smallest absolute Gasteiger partial charge is 0.444 e. The zero-order valence-electron chi connectivity index (χ0n) is 41.9. The van der Waals surface area contributed by atoms with Crippen LogP contribution in [0.5, 0.6) is 0 Å². The Kier molecular flexibility index (Phi) is 17.7. The van der Waals surface area contributed by atoms with Gasteiger partial charge in [0, 0.05) is 41.2 Å². The molecule has 0 unspecified atom stereocenters. The van der Waals surface area contributed by atoms with Gasteiger partial charge in [0.2, 0.25) is 6.29 Å². The summed E-state index contributed by atoms with van der Waals surface area (Å²) in [6, 6.07) is 20.0. The van der Waals surface area contributed by atoms with Crippen LogP contribution in [0.15, 0.2) is 85.2 Å². The van der Waals surface area contributed by atoms with E-state index < -0.39 is 42.0 Å². The van der Waals surface area contributed by atoms with E-state index in [9.17, 15) is 37.1 Å². The van der Waals surface area contributed by atoms with Gasteiger partial charge in [-0.3, -0.25) is 28.9 Å². The maximum Gasteiger partial charge on any atom is 0.446 e. The number of alkyl halides is 3. The second kappa shape index (κ2) is 23.9. The van der Waals surface area contributed by atoms with E-state index in [-0.39, 0.29) is 34.9 Å². The first-order chi connectivity index (χ1) is 35.4. The van der Waals surface area contributed by atoms with Gasteiger partial charge in [0.1, 0.15) is 34.4 Å². The molecule has 6 aromatic rings. The van der Waals surface area contributed by atoms with Gasteiger partial charge in [-0.05, 0) is 121 Å². The normalized spacial score (nSPS) is 15.5. The van der Waals surface area contributed by atoms with Crippen LogP contribution in [0, 0.1) is 13.8 Å². The van der Waals surface area contributed by atoms with Crippen molar-refractivity contribution >= 4 is 47.6 Å². The van der Waals surface area contributed by atoms with Crippen LogP contribution >= 0.6 is 0 Å². The fraction of sp³-hybridized carbons (Fsp3) is 0.333. The number of carbonyl (C=O) groups excluding carboxylic acids is 6. The number of nitrogen functional groups attached to an aromatic ring is 2. The number of pyridine rings is 2. The molecule has 21 nitrogen and oxygen atoms in total. The minimum atomic E-state index is -4.64. The van der Waals surface area contributed by atoms with E-state index in [2.05, 4.69) is 35.9 Å². The summed E-state index contributed by atoms with van der Waals surface area (Å²) in [7, 11) is 0. The Hall–Kier alpha value is -8.67. The van der Waals surface area contributed by atoms with Crippen molar-refractivity contribution < 1.29 is 46.7 Å². The molecule has 2 fully saturated rings. The van der Waals surface area contributed by atoms with Crippen LogP contribution in [0.3, 0.4) is 0 Å². The molecule has 2 aliphatic heterocycles. The molecule has 24 heteroatoms. The first-order valence-corrected chi connectivity index (χ1v) is 23.7. The maximum atomic E-state index is 12.9. The molecule has 2 aromatic carbocycles. The predicted molar refractivity (Wildman–Crippen MR) is 273 cm³/mol. The molecule has 2 atom stereocenters. The summed E-state index contributed by atoms with van der Waals surface area (Å²) in [6.45, 7) is 10.6. The lowest BCUT2D eigenvalue weighted by Crippen LogP contribution is -2.43. The van der Waals surface area contributed by atoms with E-state index in [1.165, 1.54) is 4.68 Å². The molecule has 6 heterocycles. The van der Waals surface area contributed by atoms with Crippen LogP contribution in [0.25, 0.3) is 22.5 Å². The lowest BCUT2D eigenvalue weighted by atomic mass is 10.0. The number of aldehydes is 1.